The fourth-order valence-corrected chi connectivity index (χ4v) is 3.20. The highest BCUT2D eigenvalue weighted by Gasteiger charge is 2.34. The zero-order chi connectivity index (χ0) is 14.9. The smallest absolute Gasteiger partial charge is 0.288 e. The van der Waals surface area contributed by atoms with Crippen molar-refractivity contribution in [3.05, 3.63) is 34.5 Å². The fourth-order valence-electron chi connectivity index (χ4n) is 2.83. The van der Waals surface area contributed by atoms with Gasteiger partial charge in [-0.1, -0.05) is 35.2 Å². The molecule has 0 unspecified atom stereocenters. The number of nitriles is 1. The largest absolute Gasteiger partial charge is 0.451 e. The number of carbonyl (C=O) groups is 1. The van der Waals surface area contributed by atoms with E-state index in [2.05, 4.69) is 27.3 Å². The Morgan fingerprint density at radius 1 is 1.29 bits per heavy atom. The number of fused-ring (bicyclic) bond motifs is 1. The molecule has 1 aromatic carbocycles. The van der Waals surface area contributed by atoms with Gasteiger partial charge in [0, 0.05) is 9.86 Å². The Morgan fingerprint density at radius 3 is 2.76 bits per heavy atom. The van der Waals surface area contributed by atoms with Gasteiger partial charge in [0.05, 0.1) is 6.07 Å². The van der Waals surface area contributed by atoms with Crippen molar-refractivity contribution in [2.75, 3.05) is 0 Å². The summed E-state index contributed by atoms with van der Waals surface area (Å²) in [7, 11) is 0. The molecule has 1 aliphatic rings. The van der Waals surface area contributed by atoms with Crippen molar-refractivity contribution in [1.82, 2.24) is 5.32 Å². The van der Waals surface area contributed by atoms with Gasteiger partial charge in [0.15, 0.2) is 5.76 Å². The molecular formula is C16H15BrN2O2. The molecule has 0 bridgehead atoms. The summed E-state index contributed by atoms with van der Waals surface area (Å²) in [6.07, 6.45) is 4.49. The number of halogens is 1. The Kier molecular flexibility index (Phi) is 3.73. The van der Waals surface area contributed by atoms with Gasteiger partial charge in [-0.2, -0.15) is 5.26 Å². The summed E-state index contributed by atoms with van der Waals surface area (Å²) in [5.41, 5.74) is -0.0764. The van der Waals surface area contributed by atoms with Gasteiger partial charge in [0.2, 0.25) is 0 Å². The normalized spacial score (nSPS) is 17.3. The molecule has 4 nitrogen and oxygen atoms in total. The van der Waals surface area contributed by atoms with Crippen LogP contribution in [0, 0.1) is 11.3 Å². The molecule has 21 heavy (non-hydrogen) atoms. The van der Waals surface area contributed by atoms with Crippen LogP contribution in [-0.4, -0.2) is 11.4 Å². The van der Waals surface area contributed by atoms with Crippen LogP contribution in [0.2, 0.25) is 0 Å². The summed E-state index contributed by atoms with van der Waals surface area (Å²) in [5, 5.41) is 13.1. The van der Waals surface area contributed by atoms with Crippen LogP contribution < -0.4 is 5.32 Å². The summed E-state index contributed by atoms with van der Waals surface area (Å²) >= 11 is 3.39. The lowest BCUT2D eigenvalue weighted by molar-refractivity contribution is 0.0876. The number of hydrogen-bond donors (Lipinski definition) is 1. The van der Waals surface area contributed by atoms with Crippen LogP contribution >= 0.6 is 15.9 Å². The van der Waals surface area contributed by atoms with Gasteiger partial charge in [-0.25, -0.2) is 0 Å². The first-order valence-electron chi connectivity index (χ1n) is 7.05. The Labute approximate surface area is 131 Å². The highest BCUT2D eigenvalue weighted by Crippen LogP contribution is 2.29. The monoisotopic (exact) mass is 346 g/mol. The number of furan rings is 1. The molecule has 1 N–H and O–H groups in total. The molecule has 5 heteroatoms. The van der Waals surface area contributed by atoms with Crippen molar-refractivity contribution in [2.24, 2.45) is 0 Å². The van der Waals surface area contributed by atoms with Crippen LogP contribution in [0.3, 0.4) is 0 Å². The van der Waals surface area contributed by atoms with Crippen molar-refractivity contribution in [2.45, 2.75) is 37.6 Å². The molecule has 1 heterocycles. The third-order valence-electron chi connectivity index (χ3n) is 3.98. The average molecular weight is 347 g/mol. The summed E-state index contributed by atoms with van der Waals surface area (Å²) in [6, 6.07) is 9.57. The predicted molar refractivity (Wildman–Crippen MR) is 82.8 cm³/mol. The van der Waals surface area contributed by atoms with E-state index in [9.17, 15) is 10.1 Å². The first kappa shape index (κ1) is 14.2. The molecule has 108 valence electrons. The second kappa shape index (κ2) is 5.53. The third-order valence-corrected chi connectivity index (χ3v) is 4.47. The van der Waals surface area contributed by atoms with Crippen LogP contribution in [0.15, 0.2) is 33.2 Å². The van der Waals surface area contributed by atoms with Crippen molar-refractivity contribution in [3.8, 4) is 6.07 Å². The van der Waals surface area contributed by atoms with E-state index in [0.717, 1.165) is 29.1 Å². The second-order valence-electron chi connectivity index (χ2n) is 5.50. The van der Waals surface area contributed by atoms with E-state index in [0.29, 0.717) is 18.4 Å². The number of nitrogens with one attached hydrogen (secondary N) is 1. The van der Waals surface area contributed by atoms with Crippen molar-refractivity contribution in [3.63, 3.8) is 0 Å². The van der Waals surface area contributed by atoms with Crippen LogP contribution in [-0.2, 0) is 0 Å². The van der Waals surface area contributed by atoms with Gasteiger partial charge in [0.25, 0.3) is 5.91 Å². The lowest BCUT2D eigenvalue weighted by Crippen LogP contribution is -2.48. The maximum absolute atomic E-state index is 12.4. The van der Waals surface area contributed by atoms with Gasteiger partial charge in [0.1, 0.15) is 11.1 Å². The highest BCUT2D eigenvalue weighted by atomic mass is 79.9. The molecule has 1 aromatic heterocycles. The van der Waals surface area contributed by atoms with Gasteiger partial charge < -0.3 is 9.73 Å². The summed E-state index contributed by atoms with van der Waals surface area (Å²) in [6.45, 7) is 0. The minimum Gasteiger partial charge on any atom is -0.451 e. The standard InChI is InChI=1S/C16H15BrN2O2/c17-12-4-5-13-11(8-12)9-14(21-13)15(20)19-16(10-18)6-2-1-3-7-16/h4-5,8-9H,1-3,6-7H2,(H,19,20). The zero-order valence-corrected chi connectivity index (χ0v) is 13.1. The van der Waals surface area contributed by atoms with E-state index < -0.39 is 5.54 Å². The van der Waals surface area contributed by atoms with E-state index in [-0.39, 0.29) is 11.7 Å². The first-order valence-corrected chi connectivity index (χ1v) is 7.84. The first-order chi connectivity index (χ1) is 10.1. The topological polar surface area (TPSA) is 66.0 Å². The van der Waals surface area contributed by atoms with Crippen LogP contribution in [0.5, 0.6) is 0 Å². The van der Waals surface area contributed by atoms with Gasteiger partial charge in [-0.15, -0.1) is 0 Å². The summed E-state index contributed by atoms with van der Waals surface area (Å²) in [5.74, 6) is -0.0610. The molecule has 0 spiro atoms. The third kappa shape index (κ3) is 2.81. The average Bonchev–Trinajstić information content (AvgIpc) is 2.91. The van der Waals surface area contributed by atoms with Crippen molar-refractivity contribution < 1.29 is 9.21 Å². The SMILES string of the molecule is N#CC1(NC(=O)c2cc3cc(Br)ccc3o2)CCCCC1. The second-order valence-corrected chi connectivity index (χ2v) is 6.42. The van der Waals surface area contributed by atoms with Gasteiger partial charge in [-0.05, 0) is 37.1 Å². The minimum atomic E-state index is -0.741. The maximum Gasteiger partial charge on any atom is 0.288 e. The molecular weight excluding hydrogens is 332 g/mol. The quantitative estimate of drug-likeness (QED) is 0.887. The number of rotatable bonds is 2. The van der Waals surface area contributed by atoms with E-state index in [4.69, 9.17) is 4.42 Å². The Morgan fingerprint density at radius 2 is 2.05 bits per heavy atom. The molecule has 0 radical (unpaired) electrons. The minimum absolute atomic E-state index is 0.253. The Bertz CT molecular complexity index is 723. The molecule has 1 fully saturated rings. The number of carbonyl (C=O) groups excluding carboxylic acids is 1. The lowest BCUT2D eigenvalue weighted by Gasteiger charge is -2.31. The molecule has 0 saturated heterocycles. The molecule has 1 aliphatic carbocycles. The van der Waals surface area contributed by atoms with E-state index in [1.54, 1.807) is 6.07 Å². The lowest BCUT2D eigenvalue weighted by atomic mass is 9.83. The number of hydrogen-bond acceptors (Lipinski definition) is 3. The van der Waals surface area contributed by atoms with Gasteiger partial charge in [-0.3, -0.25) is 4.79 Å². The van der Waals surface area contributed by atoms with Crippen LogP contribution in [0.1, 0.15) is 42.7 Å². The number of amides is 1. The Balaban J connectivity index is 1.85. The van der Waals surface area contributed by atoms with E-state index in [1.807, 2.05) is 18.2 Å². The molecule has 3 rings (SSSR count). The van der Waals surface area contributed by atoms with Crippen molar-refractivity contribution >= 4 is 32.8 Å². The summed E-state index contributed by atoms with van der Waals surface area (Å²) < 4.78 is 6.51. The van der Waals surface area contributed by atoms with E-state index >= 15 is 0 Å². The van der Waals surface area contributed by atoms with Crippen molar-refractivity contribution in [1.29, 1.82) is 5.26 Å². The van der Waals surface area contributed by atoms with Crippen LogP contribution in [0.25, 0.3) is 11.0 Å². The number of nitrogens with zero attached hydrogens (tertiary/aromatic N) is 1. The molecule has 1 amide bonds. The maximum atomic E-state index is 12.4. The zero-order valence-electron chi connectivity index (χ0n) is 11.5. The summed E-state index contributed by atoms with van der Waals surface area (Å²) in [4.78, 5) is 12.4. The molecule has 1 saturated carbocycles. The highest BCUT2D eigenvalue weighted by molar-refractivity contribution is 9.10. The van der Waals surface area contributed by atoms with Crippen LogP contribution in [0.4, 0.5) is 0 Å². The number of benzene rings is 1. The predicted octanol–water partition coefficient (Wildman–Crippen LogP) is 4.15. The molecule has 0 aliphatic heterocycles. The Hall–Kier alpha value is -1.80. The molecule has 2 aromatic rings. The fraction of sp³-hybridized carbons (Fsp3) is 0.375. The molecule has 0 atom stereocenters. The van der Waals surface area contributed by atoms with E-state index in [1.165, 1.54) is 0 Å². The van der Waals surface area contributed by atoms with Gasteiger partial charge >= 0.3 is 0 Å².